The molecule has 5 nitrogen and oxygen atoms in total. The van der Waals surface area contributed by atoms with Crippen molar-refractivity contribution >= 4 is 23.2 Å². The van der Waals surface area contributed by atoms with Crippen LogP contribution < -0.4 is 4.90 Å². The Labute approximate surface area is 173 Å². The Morgan fingerprint density at radius 1 is 1.10 bits per heavy atom. The predicted octanol–water partition coefficient (Wildman–Crippen LogP) is 4.42. The van der Waals surface area contributed by atoms with Crippen molar-refractivity contribution in [3.63, 3.8) is 0 Å². The minimum Gasteiger partial charge on any atom is -0.367 e. The number of aromatic nitrogens is 1. The number of hydrogen-bond acceptors (Lipinski definition) is 4. The molecule has 29 heavy (non-hydrogen) atoms. The van der Waals surface area contributed by atoms with Crippen molar-refractivity contribution in [3.05, 3.63) is 71.2 Å². The summed E-state index contributed by atoms with van der Waals surface area (Å²) in [6.07, 6.45) is 2.39. The van der Waals surface area contributed by atoms with Crippen LogP contribution in [0.15, 0.2) is 59.3 Å². The highest BCUT2D eigenvalue weighted by molar-refractivity contribution is 6.33. The maximum absolute atomic E-state index is 13.5. The normalized spacial score (nSPS) is 14.3. The van der Waals surface area contributed by atoms with E-state index >= 15 is 0 Å². The zero-order chi connectivity index (χ0) is 20.2. The van der Waals surface area contributed by atoms with Crippen LogP contribution in [0, 0.1) is 5.82 Å². The van der Waals surface area contributed by atoms with Gasteiger partial charge in [0.2, 0.25) is 5.91 Å². The summed E-state index contributed by atoms with van der Waals surface area (Å²) in [6, 6.07) is 14.0. The third-order valence-corrected chi connectivity index (χ3v) is 5.49. The van der Waals surface area contributed by atoms with E-state index in [9.17, 15) is 9.18 Å². The van der Waals surface area contributed by atoms with Gasteiger partial charge in [-0.1, -0.05) is 41.0 Å². The van der Waals surface area contributed by atoms with Gasteiger partial charge in [-0.15, -0.1) is 0 Å². The number of carbonyl (C=O) groups excluding carboxylic acids is 1. The number of benzene rings is 2. The monoisotopic (exact) mass is 413 g/mol. The molecule has 0 bridgehead atoms. The van der Waals surface area contributed by atoms with Crippen LogP contribution in [0.2, 0.25) is 5.02 Å². The molecule has 3 aromatic rings. The lowest BCUT2D eigenvalue weighted by atomic mass is 10.0. The molecule has 4 rings (SSSR count). The SMILES string of the molecule is O=C(CCc1conc1-c1cccc(F)c1)N1CCN(c2ccccc2Cl)CC1. The second-order valence-corrected chi connectivity index (χ2v) is 7.43. The Morgan fingerprint density at radius 2 is 1.90 bits per heavy atom. The molecule has 0 N–H and O–H groups in total. The van der Waals surface area contributed by atoms with Crippen molar-refractivity contribution in [3.8, 4) is 11.3 Å². The lowest BCUT2D eigenvalue weighted by molar-refractivity contribution is -0.131. The Balaban J connectivity index is 1.34. The van der Waals surface area contributed by atoms with Gasteiger partial charge >= 0.3 is 0 Å². The number of hydrogen-bond donors (Lipinski definition) is 0. The largest absolute Gasteiger partial charge is 0.367 e. The molecule has 0 radical (unpaired) electrons. The van der Waals surface area contributed by atoms with Crippen LogP contribution in [-0.4, -0.2) is 42.1 Å². The molecule has 0 saturated carbocycles. The topological polar surface area (TPSA) is 49.6 Å². The third kappa shape index (κ3) is 4.43. The van der Waals surface area contributed by atoms with E-state index in [2.05, 4.69) is 10.1 Å². The summed E-state index contributed by atoms with van der Waals surface area (Å²) >= 11 is 6.28. The molecule has 1 fully saturated rings. The van der Waals surface area contributed by atoms with E-state index in [0.29, 0.717) is 37.2 Å². The molecule has 0 unspecified atom stereocenters. The van der Waals surface area contributed by atoms with Crippen molar-refractivity contribution < 1.29 is 13.7 Å². The first-order valence-corrected chi connectivity index (χ1v) is 9.96. The molecule has 1 aliphatic heterocycles. The van der Waals surface area contributed by atoms with E-state index in [-0.39, 0.29) is 11.7 Å². The Kier molecular flexibility index (Phi) is 5.81. The highest BCUT2D eigenvalue weighted by atomic mass is 35.5. The third-order valence-electron chi connectivity index (χ3n) is 5.17. The van der Waals surface area contributed by atoms with Gasteiger partial charge in [0.1, 0.15) is 17.8 Å². The van der Waals surface area contributed by atoms with E-state index in [1.807, 2.05) is 29.2 Å². The van der Waals surface area contributed by atoms with Gasteiger partial charge in [0.15, 0.2) is 0 Å². The van der Waals surface area contributed by atoms with Gasteiger partial charge in [-0.2, -0.15) is 0 Å². The fourth-order valence-corrected chi connectivity index (χ4v) is 3.87. The number of aryl methyl sites for hydroxylation is 1. The zero-order valence-corrected chi connectivity index (χ0v) is 16.6. The number of para-hydroxylation sites is 1. The van der Waals surface area contributed by atoms with Crippen LogP contribution in [-0.2, 0) is 11.2 Å². The second-order valence-electron chi connectivity index (χ2n) is 7.02. The molecule has 0 atom stereocenters. The number of piperazine rings is 1. The van der Waals surface area contributed by atoms with E-state index < -0.39 is 0 Å². The van der Waals surface area contributed by atoms with Crippen LogP contribution >= 0.6 is 11.6 Å². The number of amides is 1. The summed E-state index contributed by atoms with van der Waals surface area (Å²) in [5.41, 5.74) is 3.04. The highest BCUT2D eigenvalue weighted by Gasteiger charge is 2.23. The zero-order valence-electron chi connectivity index (χ0n) is 15.9. The van der Waals surface area contributed by atoms with Gasteiger partial charge in [0, 0.05) is 43.7 Å². The van der Waals surface area contributed by atoms with Gasteiger partial charge in [-0.25, -0.2) is 4.39 Å². The van der Waals surface area contributed by atoms with E-state index in [0.717, 1.165) is 29.4 Å². The molecule has 2 aromatic carbocycles. The molecule has 0 spiro atoms. The first kappa shape index (κ1) is 19.5. The summed E-state index contributed by atoms with van der Waals surface area (Å²) in [5, 5.41) is 4.71. The fraction of sp³-hybridized carbons (Fsp3) is 0.273. The summed E-state index contributed by atoms with van der Waals surface area (Å²) < 4.78 is 18.6. The summed E-state index contributed by atoms with van der Waals surface area (Å²) in [4.78, 5) is 16.8. The number of halogens is 2. The van der Waals surface area contributed by atoms with Crippen LogP contribution in [0.1, 0.15) is 12.0 Å². The van der Waals surface area contributed by atoms with Gasteiger partial charge in [-0.05, 0) is 30.7 Å². The van der Waals surface area contributed by atoms with Crippen LogP contribution in [0.4, 0.5) is 10.1 Å². The summed E-state index contributed by atoms with van der Waals surface area (Å²) in [6.45, 7) is 2.81. The van der Waals surface area contributed by atoms with Gasteiger partial charge in [-0.3, -0.25) is 4.79 Å². The molecule has 1 aromatic heterocycles. The number of carbonyl (C=O) groups is 1. The Bertz CT molecular complexity index is 999. The maximum Gasteiger partial charge on any atom is 0.223 e. The average molecular weight is 414 g/mol. The molecular weight excluding hydrogens is 393 g/mol. The molecule has 7 heteroatoms. The van der Waals surface area contributed by atoms with E-state index in [1.165, 1.54) is 18.4 Å². The molecule has 1 aliphatic rings. The maximum atomic E-state index is 13.5. The average Bonchev–Trinajstić information content (AvgIpc) is 3.21. The smallest absolute Gasteiger partial charge is 0.223 e. The Hall–Kier alpha value is -2.86. The molecule has 1 amide bonds. The number of nitrogens with zero attached hydrogens (tertiary/aromatic N) is 3. The first-order chi connectivity index (χ1) is 14.1. The van der Waals surface area contributed by atoms with Crippen molar-refractivity contribution in [2.45, 2.75) is 12.8 Å². The van der Waals surface area contributed by atoms with Crippen LogP contribution in [0.5, 0.6) is 0 Å². The molecular formula is C22H21ClFN3O2. The van der Waals surface area contributed by atoms with Crippen molar-refractivity contribution in [2.75, 3.05) is 31.1 Å². The highest BCUT2D eigenvalue weighted by Crippen LogP contribution is 2.27. The quantitative estimate of drug-likeness (QED) is 0.621. The number of rotatable bonds is 5. The second kappa shape index (κ2) is 8.66. The van der Waals surface area contributed by atoms with Crippen molar-refractivity contribution in [2.24, 2.45) is 0 Å². The molecule has 2 heterocycles. The predicted molar refractivity (Wildman–Crippen MR) is 110 cm³/mol. The lowest BCUT2D eigenvalue weighted by Crippen LogP contribution is -2.48. The van der Waals surface area contributed by atoms with E-state index in [4.69, 9.17) is 16.1 Å². The standard InChI is InChI=1S/C22H21ClFN3O2/c23-19-6-1-2-7-20(19)26-10-12-27(13-11-26)21(28)9-8-17-15-29-25-22(17)16-4-3-5-18(24)14-16/h1-7,14-15H,8-13H2. The number of anilines is 1. The minimum absolute atomic E-state index is 0.0928. The lowest BCUT2D eigenvalue weighted by Gasteiger charge is -2.36. The van der Waals surface area contributed by atoms with Crippen molar-refractivity contribution in [1.82, 2.24) is 10.1 Å². The van der Waals surface area contributed by atoms with Crippen molar-refractivity contribution in [1.29, 1.82) is 0 Å². The van der Waals surface area contributed by atoms with Crippen LogP contribution in [0.25, 0.3) is 11.3 Å². The van der Waals surface area contributed by atoms with E-state index in [1.54, 1.807) is 12.1 Å². The summed E-state index contributed by atoms with van der Waals surface area (Å²) in [5.74, 6) is -0.237. The molecule has 150 valence electrons. The molecule has 0 aliphatic carbocycles. The van der Waals surface area contributed by atoms with Crippen LogP contribution in [0.3, 0.4) is 0 Å². The minimum atomic E-state index is -0.330. The van der Waals surface area contributed by atoms with Gasteiger partial charge < -0.3 is 14.3 Å². The summed E-state index contributed by atoms with van der Waals surface area (Å²) in [7, 11) is 0. The first-order valence-electron chi connectivity index (χ1n) is 9.58. The van der Waals surface area contributed by atoms with Gasteiger partial charge in [0.25, 0.3) is 0 Å². The fourth-order valence-electron chi connectivity index (χ4n) is 3.61. The Morgan fingerprint density at radius 3 is 2.66 bits per heavy atom. The molecule has 1 saturated heterocycles. The van der Waals surface area contributed by atoms with Gasteiger partial charge in [0.05, 0.1) is 10.7 Å².